The number of hydrogen-bond donors (Lipinski definition) is 1. The molecule has 1 atom stereocenters. The number of hydrogen-bond acceptors (Lipinski definition) is 6. The summed E-state index contributed by atoms with van der Waals surface area (Å²) in [6, 6.07) is 2.56. The van der Waals surface area contributed by atoms with Crippen LogP contribution in [0.15, 0.2) is 12.4 Å². The van der Waals surface area contributed by atoms with Crippen LogP contribution in [-0.4, -0.2) is 30.8 Å². The number of nitrogens with one attached hydrogen (secondary N) is 1. The Hall–Kier alpha value is -2.02. The monoisotopic (exact) mass is 314 g/mol. The largest absolute Gasteiger partial charge is 0.365 e. The normalized spacial score (nSPS) is 17.6. The zero-order chi connectivity index (χ0) is 15.1. The van der Waals surface area contributed by atoms with Gasteiger partial charge in [-0.05, 0) is 25.8 Å². The lowest BCUT2D eigenvalue weighted by Gasteiger charge is -2.25. The van der Waals surface area contributed by atoms with Gasteiger partial charge in [-0.15, -0.1) is 21.5 Å². The zero-order valence-corrected chi connectivity index (χ0v) is 13.5. The van der Waals surface area contributed by atoms with E-state index in [1.54, 1.807) is 17.7 Å². The highest BCUT2D eigenvalue weighted by atomic mass is 32.1. The zero-order valence-electron chi connectivity index (χ0n) is 12.7. The molecule has 0 saturated carbocycles. The highest BCUT2D eigenvalue weighted by Gasteiger charge is 2.22. The third-order valence-corrected chi connectivity index (χ3v) is 5.39. The van der Waals surface area contributed by atoms with Gasteiger partial charge in [0.15, 0.2) is 0 Å². The Balaban J connectivity index is 1.62. The molecule has 0 amide bonds. The van der Waals surface area contributed by atoms with Gasteiger partial charge in [0.05, 0.1) is 5.39 Å². The molecular formula is C15H18N6S. The van der Waals surface area contributed by atoms with E-state index in [2.05, 4.69) is 43.0 Å². The third-order valence-electron chi connectivity index (χ3n) is 4.20. The lowest BCUT2D eigenvalue weighted by Crippen LogP contribution is -2.32. The molecule has 7 heteroatoms. The summed E-state index contributed by atoms with van der Waals surface area (Å²) in [5.41, 5.74) is 0. The molecule has 0 unspecified atom stereocenters. The first kappa shape index (κ1) is 13.6. The fourth-order valence-corrected chi connectivity index (χ4v) is 3.90. The second kappa shape index (κ2) is 5.31. The van der Waals surface area contributed by atoms with E-state index in [9.17, 15) is 0 Å². The van der Waals surface area contributed by atoms with Gasteiger partial charge in [0.1, 0.15) is 28.6 Å². The molecule has 3 aromatic rings. The van der Waals surface area contributed by atoms with E-state index in [4.69, 9.17) is 0 Å². The van der Waals surface area contributed by atoms with Gasteiger partial charge in [0, 0.05) is 23.9 Å². The molecule has 0 saturated heterocycles. The van der Waals surface area contributed by atoms with Crippen LogP contribution in [0.4, 0.5) is 5.82 Å². The molecule has 0 aromatic carbocycles. The summed E-state index contributed by atoms with van der Waals surface area (Å²) >= 11 is 1.75. The molecular weight excluding hydrogens is 296 g/mol. The van der Waals surface area contributed by atoms with Gasteiger partial charge in [-0.3, -0.25) is 0 Å². The van der Waals surface area contributed by atoms with Crippen LogP contribution >= 0.6 is 11.3 Å². The molecule has 4 heterocycles. The molecule has 1 aliphatic rings. The maximum absolute atomic E-state index is 4.46. The summed E-state index contributed by atoms with van der Waals surface area (Å²) in [6.07, 6.45) is 4.69. The summed E-state index contributed by atoms with van der Waals surface area (Å²) in [5.74, 6) is 3.02. The maximum atomic E-state index is 4.46. The summed E-state index contributed by atoms with van der Waals surface area (Å²) < 4.78 is 2.20. The Morgan fingerprint density at radius 1 is 1.36 bits per heavy atom. The Bertz CT molecular complexity index is 821. The minimum absolute atomic E-state index is 0.352. The van der Waals surface area contributed by atoms with Crippen molar-refractivity contribution in [1.29, 1.82) is 0 Å². The molecule has 0 aliphatic carbocycles. The van der Waals surface area contributed by atoms with Crippen LogP contribution in [0.3, 0.4) is 0 Å². The number of aromatic nitrogens is 5. The van der Waals surface area contributed by atoms with Crippen LogP contribution in [0.25, 0.3) is 10.2 Å². The lowest BCUT2D eigenvalue weighted by atomic mass is 10.1. The fourth-order valence-electron chi connectivity index (χ4n) is 2.97. The van der Waals surface area contributed by atoms with Gasteiger partial charge in [0.25, 0.3) is 0 Å². The predicted octanol–water partition coefficient (Wildman–Crippen LogP) is 2.58. The Morgan fingerprint density at radius 2 is 2.27 bits per heavy atom. The van der Waals surface area contributed by atoms with Crippen LogP contribution in [0.1, 0.15) is 29.9 Å². The molecule has 0 fully saturated rings. The Morgan fingerprint density at radius 3 is 3.14 bits per heavy atom. The topological polar surface area (TPSA) is 68.5 Å². The molecule has 22 heavy (non-hydrogen) atoms. The van der Waals surface area contributed by atoms with E-state index in [1.165, 1.54) is 4.88 Å². The minimum atomic E-state index is 0.352. The number of rotatable bonds is 3. The van der Waals surface area contributed by atoms with Crippen molar-refractivity contribution in [1.82, 2.24) is 24.7 Å². The molecule has 0 spiro atoms. The number of thiophene rings is 1. The van der Waals surface area contributed by atoms with E-state index >= 15 is 0 Å². The van der Waals surface area contributed by atoms with Gasteiger partial charge < -0.3 is 9.88 Å². The van der Waals surface area contributed by atoms with E-state index < -0.39 is 0 Å². The second-order valence-corrected chi connectivity index (χ2v) is 6.78. The standard InChI is InChI=1S/C15H18N6S/c1-3-11-6-12-14(16-8-17-15(12)22-11)18-10-4-5-13-20-19-9(2)21(13)7-10/h6,8,10H,3-5,7H2,1-2H3,(H,16,17,18)/t10-/m1/s1. The van der Waals surface area contributed by atoms with Crippen molar-refractivity contribution >= 4 is 27.4 Å². The van der Waals surface area contributed by atoms with Crippen molar-refractivity contribution in [2.75, 3.05) is 5.32 Å². The fraction of sp³-hybridized carbons (Fsp3) is 0.467. The number of anilines is 1. The van der Waals surface area contributed by atoms with Crippen molar-refractivity contribution in [2.24, 2.45) is 0 Å². The third kappa shape index (κ3) is 2.25. The molecule has 114 valence electrons. The van der Waals surface area contributed by atoms with Crippen molar-refractivity contribution in [3.63, 3.8) is 0 Å². The second-order valence-electron chi connectivity index (χ2n) is 5.66. The summed E-state index contributed by atoms with van der Waals surface area (Å²) in [5, 5.41) is 13.1. The molecule has 0 radical (unpaired) electrons. The quantitative estimate of drug-likeness (QED) is 0.805. The molecule has 1 N–H and O–H groups in total. The number of fused-ring (bicyclic) bond motifs is 2. The molecule has 6 nitrogen and oxygen atoms in total. The van der Waals surface area contributed by atoms with Crippen LogP contribution in [0, 0.1) is 6.92 Å². The van der Waals surface area contributed by atoms with Crippen LogP contribution < -0.4 is 5.32 Å². The first-order valence-electron chi connectivity index (χ1n) is 7.63. The number of aryl methyl sites for hydroxylation is 3. The molecule has 4 rings (SSSR count). The van der Waals surface area contributed by atoms with Crippen molar-refractivity contribution in [2.45, 2.75) is 45.7 Å². The van der Waals surface area contributed by atoms with Crippen LogP contribution in [0.5, 0.6) is 0 Å². The summed E-state index contributed by atoms with van der Waals surface area (Å²) in [7, 11) is 0. The van der Waals surface area contributed by atoms with Gasteiger partial charge in [-0.1, -0.05) is 6.92 Å². The van der Waals surface area contributed by atoms with E-state index in [-0.39, 0.29) is 0 Å². The van der Waals surface area contributed by atoms with Crippen molar-refractivity contribution < 1.29 is 0 Å². The van der Waals surface area contributed by atoms with E-state index in [0.717, 1.165) is 53.5 Å². The van der Waals surface area contributed by atoms with Gasteiger partial charge in [-0.25, -0.2) is 9.97 Å². The highest BCUT2D eigenvalue weighted by Crippen LogP contribution is 2.29. The first-order valence-corrected chi connectivity index (χ1v) is 8.45. The maximum Gasteiger partial charge on any atom is 0.138 e. The van der Waals surface area contributed by atoms with Gasteiger partial charge in [0.2, 0.25) is 0 Å². The Labute approximate surface area is 132 Å². The summed E-state index contributed by atoms with van der Waals surface area (Å²) in [6.45, 7) is 5.07. The van der Waals surface area contributed by atoms with Gasteiger partial charge in [-0.2, -0.15) is 0 Å². The van der Waals surface area contributed by atoms with Crippen LogP contribution in [-0.2, 0) is 19.4 Å². The molecule has 3 aromatic heterocycles. The SMILES string of the molecule is CCc1cc2c(N[C@@H]3CCc4nnc(C)n4C3)ncnc2s1. The van der Waals surface area contributed by atoms with Crippen molar-refractivity contribution in [3.8, 4) is 0 Å². The van der Waals surface area contributed by atoms with Crippen molar-refractivity contribution in [3.05, 3.63) is 28.9 Å². The smallest absolute Gasteiger partial charge is 0.138 e. The molecule has 1 aliphatic heterocycles. The lowest BCUT2D eigenvalue weighted by molar-refractivity contribution is 0.469. The predicted molar refractivity (Wildman–Crippen MR) is 87.3 cm³/mol. The highest BCUT2D eigenvalue weighted by molar-refractivity contribution is 7.18. The minimum Gasteiger partial charge on any atom is -0.365 e. The number of nitrogens with zero attached hydrogens (tertiary/aromatic N) is 5. The van der Waals surface area contributed by atoms with E-state index in [1.807, 2.05) is 6.92 Å². The Kier molecular flexibility index (Phi) is 3.29. The van der Waals surface area contributed by atoms with Gasteiger partial charge >= 0.3 is 0 Å². The van der Waals surface area contributed by atoms with E-state index in [0.29, 0.717) is 6.04 Å². The molecule has 0 bridgehead atoms. The van der Waals surface area contributed by atoms with Crippen LogP contribution in [0.2, 0.25) is 0 Å². The average Bonchev–Trinajstić information content (AvgIpc) is 3.12. The summed E-state index contributed by atoms with van der Waals surface area (Å²) in [4.78, 5) is 11.3. The average molecular weight is 314 g/mol. The first-order chi connectivity index (χ1) is 10.7.